The third-order valence-corrected chi connectivity index (χ3v) is 2.53. The number of nitrogens with one attached hydrogen (secondary N) is 1. The van der Waals surface area contributed by atoms with Crippen LogP contribution in [0.2, 0.25) is 0 Å². The fourth-order valence-corrected chi connectivity index (χ4v) is 1.58. The summed E-state index contributed by atoms with van der Waals surface area (Å²) in [4.78, 5) is 22.7. The highest BCUT2D eigenvalue weighted by molar-refractivity contribution is 5.86. The summed E-state index contributed by atoms with van der Waals surface area (Å²) >= 11 is 0. The number of rotatable bonds is 6. The molecule has 5 nitrogen and oxygen atoms in total. The number of carbonyl (C=O) groups is 2. The van der Waals surface area contributed by atoms with Crippen LogP contribution in [0.15, 0.2) is 24.3 Å². The molecule has 0 aromatic heterocycles. The summed E-state index contributed by atoms with van der Waals surface area (Å²) in [6.45, 7) is 1.89. The first-order chi connectivity index (χ1) is 8.52. The number of aromatic hydroxyl groups is 1. The Kier molecular flexibility index (Phi) is 10.8. The van der Waals surface area contributed by atoms with Gasteiger partial charge < -0.3 is 16.2 Å². The Morgan fingerprint density at radius 2 is 1.80 bits per heavy atom. The minimum Gasteiger partial charge on any atom is -0.508 e. The molecule has 2 amide bonds. The maximum atomic E-state index is 11.4. The third-order valence-electron chi connectivity index (χ3n) is 2.53. The second kappa shape index (κ2) is 10.3. The summed E-state index contributed by atoms with van der Waals surface area (Å²) in [5, 5.41) is 11.8. The van der Waals surface area contributed by atoms with E-state index in [9.17, 15) is 9.59 Å². The first-order valence-corrected chi connectivity index (χ1v) is 5.89. The molecule has 1 rings (SSSR count). The predicted octanol–water partition coefficient (Wildman–Crippen LogP) is 1.55. The van der Waals surface area contributed by atoms with Crippen molar-refractivity contribution in [3.63, 3.8) is 0 Å². The molecule has 1 atom stereocenters. The Morgan fingerprint density at radius 3 is 2.25 bits per heavy atom. The number of primary amides is 1. The standard InChI is InChI=1S/C13H18N2O3.2ClH/c1-2-3-12(17)15-11(13(14)18)8-9-4-6-10(16)7-5-9;;/h4-7,11,16H,2-3,8H2,1H3,(H2,14,18)(H,15,17);2*1H. The quantitative estimate of drug-likeness (QED) is 0.741. The van der Waals surface area contributed by atoms with Crippen molar-refractivity contribution in [2.45, 2.75) is 32.2 Å². The topological polar surface area (TPSA) is 92.4 Å². The molecule has 7 heteroatoms. The molecule has 1 unspecified atom stereocenters. The predicted molar refractivity (Wildman–Crippen MR) is 82.3 cm³/mol. The monoisotopic (exact) mass is 322 g/mol. The molecule has 0 fully saturated rings. The van der Waals surface area contributed by atoms with E-state index in [2.05, 4.69) is 5.32 Å². The summed E-state index contributed by atoms with van der Waals surface area (Å²) in [5.74, 6) is -0.586. The van der Waals surface area contributed by atoms with Crippen molar-refractivity contribution in [1.82, 2.24) is 5.32 Å². The van der Waals surface area contributed by atoms with Gasteiger partial charge in [0.25, 0.3) is 0 Å². The number of phenols is 1. The fraction of sp³-hybridized carbons (Fsp3) is 0.385. The van der Waals surface area contributed by atoms with Crippen LogP contribution < -0.4 is 11.1 Å². The molecular formula is C13H20Cl2N2O3. The van der Waals surface area contributed by atoms with Crippen molar-refractivity contribution in [1.29, 1.82) is 0 Å². The van der Waals surface area contributed by atoms with Gasteiger partial charge in [0.15, 0.2) is 0 Å². The molecule has 0 heterocycles. The van der Waals surface area contributed by atoms with E-state index in [1.807, 2.05) is 6.92 Å². The van der Waals surface area contributed by atoms with E-state index in [-0.39, 0.29) is 36.5 Å². The fourth-order valence-electron chi connectivity index (χ4n) is 1.58. The summed E-state index contributed by atoms with van der Waals surface area (Å²) in [5.41, 5.74) is 6.08. The average molecular weight is 323 g/mol. The number of nitrogens with two attached hydrogens (primary N) is 1. The lowest BCUT2D eigenvalue weighted by atomic mass is 10.0. The summed E-state index contributed by atoms with van der Waals surface area (Å²) in [7, 11) is 0. The molecule has 0 saturated heterocycles. The van der Waals surface area contributed by atoms with Gasteiger partial charge in [-0.1, -0.05) is 19.1 Å². The van der Waals surface area contributed by atoms with Gasteiger partial charge in [0, 0.05) is 12.8 Å². The minimum atomic E-state index is -0.714. The molecule has 0 saturated carbocycles. The smallest absolute Gasteiger partial charge is 0.240 e. The van der Waals surface area contributed by atoms with Crippen LogP contribution in [-0.4, -0.2) is 23.0 Å². The average Bonchev–Trinajstić information content (AvgIpc) is 2.31. The van der Waals surface area contributed by atoms with Gasteiger partial charge in [0.2, 0.25) is 11.8 Å². The zero-order valence-electron chi connectivity index (χ0n) is 11.2. The van der Waals surface area contributed by atoms with Crippen LogP contribution in [0.4, 0.5) is 0 Å². The van der Waals surface area contributed by atoms with Crippen LogP contribution in [0.1, 0.15) is 25.3 Å². The normalized spacial score (nSPS) is 10.7. The molecule has 0 aliphatic rings. The van der Waals surface area contributed by atoms with Crippen LogP contribution in [0.3, 0.4) is 0 Å². The number of hydrogen-bond donors (Lipinski definition) is 3. The number of hydrogen-bond acceptors (Lipinski definition) is 3. The van der Waals surface area contributed by atoms with Crippen molar-refractivity contribution in [2.24, 2.45) is 5.73 Å². The van der Waals surface area contributed by atoms with Gasteiger partial charge in [0.1, 0.15) is 11.8 Å². The largest absolute Gasteiger partial charge is 0.508 e. The van der Waals surface area contributed by atoms with Gasteiger partial charge in [-0.15, -0.1) is 24.8 Å². The van der Waals surface area contributed by atoms with Crippen LogP contribution in [-0.2, 0) is 16.0 Å². The van der Waals surface area contributed by atoms with Crippen molar-refractivity contribution >= 4 is 36.6 Å². The number of carbonyl (C=O) groups excluding carboxylic acids is 2. The third kappa shape index (κ3) is 7.21. The molecule has 4 N–H and O–H groups in total. The first kappa shape index (κ1) is 20.8. The number of benzene rings is 1. The zero-order valence-corrected chi connectivity index (χ0v) is 12.8. The second-order valence-electron chi connectivity index (χ2n) is 4.14. The van der Waals surface area contributed by atoms with Crippen molar-refractivity contribution < 1.29 is 14.7 Å². The van der Waals surface area contributed by atoms with Gasteiger partial charge in [0.05, 0.1) is 0 Å². The maximum Gasteiger partial charge on any atom is 0.240 e. The number of halogens is 2. The number of amides is 2. The van der Waals surface area contributed by atoms with E-state index in [4.69, 9.17) is 10.8 Å². The molecule has 20 heavy (non-hydrogen) atoms. The summed E-state index contributed by atoms with van der Waals surface area (Å²) < 4.78 is 0. The van der Waals surface area contributed by atoms with Crippen molar-refractivity contribution in [2.75, 3.05) is 0 Å². The molecule has 0 aliphatic carbocycles. The molecular weight excluding hydrogens is 303 g/mol. The van der Waals surface area contributed by atoms with Crippen LogP contribution in [0.5, 0.6) is 5.75 Å². The lowest BCUT2D eigenvalue weighted by molar-refractivity contribution is -0.127. The van der Waals surface area contributed by atoms with E-state index in [0.29, 0.717) is 12.8 Å². The Bertz CT molecular complexity index is 424. The molecule has 0 aliphatic heterocycles. The molecule has 1 aromatic rings. The van der Waals surface area contributed by atoms with Crippen molar-refractivity contribution in [3.8, 4) is 5.75 Å². The van der Waals surface area contributed by atoms with E-state index < -0.39 is 11.9 Å². The van der Waals surface area contributed by atoms with Gasteiger partial charge in [-0.3, -0.25) is 9.59 Å². The molecule has 114 valence electrons. The highest BCUT2D eigenvalue weighted by Crippen LogP contribution is 2.11. The Morgan fingerprint density at radius 1 is 1.25 bits per heavy atom. The summed E-state index contributed by atoms with van der Waals surface area (Å²) in [6.07, 6.45) is 1.42. The first-order valence-electron chi connectivity index (χ1n) is 5.89. The number of phenolic OH excluding ortho intramolecular Hbond substituents is 1. The maximum absolute atomic E-state index is 11.4. The van der Waals surface area contributed by atoms with E-state index >= 15 is 0 Å². The van der Waals surface area contributed by atoms with Crippen LogP contribution >= 0.6 is 24.8 Å². The molecule has 0 spiro atoms. The lowest BCUT2D eigenvalue weighted by Gasteiger charge is -2.15. The highest BCUT2D eigenvalue weighted by Gasteiger charge is 2.17. The summed E-state index contributed by atoms with van der Waals surface area (Å²) in [6, 6.07) is 5.73. The van der Waals surface area contributed by atoms with E-state index in [1.165, 1.54) is 12.1 Å². The Balaban J connectivity index is 0. The molecule has 0 bridgehead atoms. The van der Waals surface area contributed by atoms with Crippen molar-refractivity contribution in [3.05, 3.63) is 29.8 Å². The van der Waals surface area contributed by atoms with Crippen LogP contribution in [0.25, 0.3) is 0 Å². The molecule has 0 radical (unpaired) electrons. The van der Waals surface area contributed by atoms with Gasteiger partial charge in [-0.2, -0.15) is 0 Å². The second-order valence-corrected chi connectivity index (χ2v) is 4.14. The van der Waals surface area contributed by atoms with Crippen LogP contribution in [0, 0.1) is 0 Å². The highest BCUT2D eigenvalue weighted by atomic mass is 35.5. The zero-order chi connectivity index (χ0) is 13.5. The Hall–Kier alpha value is -1.46. The van der Waals surface area contributed by atoms with Gasteiger partial charge >= 0.3 is 0 Å². The SMILES string of the molecule is CCCC(=O)NC(Cc1ccc(O)cc1)C(N)=O.Cl.Cl. The van der Waals surface area contributed by atoms with Gasteiger partial charge in [-0.05, 0) is 24.1 Å². The van der Waals surface area contributed by atoms with Gasteiger partial charge in [-0.25, -0.2) is 0 Å². The minimum absolute atomic E-state index is 0. The Labute approximate surface area is 130 Å². The molecule has 1 aromatic carbocycles. The van der Waals surface area contributed by atoms with E-state index in [1.54, 1.807) is 12.1 Å². The lowest BCUT2D eigenvalue weighted by Crippen LogP contribution is -2.45. The van der Waals surface area contributed by atoms with E-state index in [0.717, 1.165) is 12.0 Å².